The SMILES string of the molecule is CC.CCO.CCOCCOCC(Cc1ccc(O)cc1)NC(=O)CCc1ccccc1.C[C@H](O)CO[C@@H](C)COCC(Cc1ccc(O)cc1)NC(=O)CCc1ccccc1. The van der Waals surface area contributed by atoms with Crippen LogP contribution in [-0.2, 0) is 54.2 Å². The first-order valence-corrected chi connectivity index (χ1v) is 21.9. The number of amides is 2. The summed E-state index contributed by atoms with van der Waals surface area (Å²) in [6.07, 6.45) is 2.82. The molecule has 0 spiro atoms. The van der Waals surface area contributed by atoms with Crippen molar-refractivity contribution in [2.75, 3.05) is 52.9 Å². The van der Waals surface area contributed by atoms with Crippen LogP contribution in [0.5, 0.6) is 11.5 Å². The van der Waals surface area contributed by atoms with Crippen LogP contribution >= 0.6 is 0 Å². The van der Waals surface area contributed by atoms with Gasteiger partial charge in [0.25, 0.3) is 0 Å². The molecule has 0 heterocycles. The number of aliphatic hydroxyl groups is 2. The highest BCUT2D eigenvalue weighted by atomic mass is 16.5. The molecule has 6 N–H and O–H groups in total. The number of rotatable bonds is 25. The first kappa shape index (κ1) is 55.2. The maximum absolute atomic E-state index is 12.5. The molecule has 0 aliphatic carbocycles. The van der Waals surface area contributed by atoms with Gasteiger partial charge in [-0.25, -0.2) is 0 Å². The van der Waals surface area contributed by atoms with Crippen LogP contribution in [-0.4, -0.2) is 109 Å². The lowest BCUT2D eigenvalue weighted by Crippen LogP contribution is -2.40. The van der Waals surface area contributed by atoms with Gasteiger partial charge in [0.2, 0.25) is 11.8 Å². The Bertz CT molecular complexity index is 1660. The van der Waals surface area contributed by atoms with Crippen molar-refractivity contribution in [1.29, 1.82) is 0 Å². The normalized spacial score (nSPS) is 12.4. The molecule has 62 heavy (non-hydrogen) atoms. The smallest absolute Gasteiger partial charge is 0.220 e. The number of ether oxygens (including phenoxy) is 4. The Morgan fingerprint density at radius 1 is 0.565 bits per heavy atom. The number of aliphatic hydroxyl groups excluding tert-OH is 2. The molecule has 0 saturated heterocycles. The molecule has 344 valence electrons. The van der Waals surface area contributed by atoms with Gasteiger partial charge in [-0.15, -0.1) is 0 Å². The summed E-state index contributed by atoms with van der Waals surface area (Å²) in [5, 5.41) is 41.9. The average Bonchev–Trinajstić information content (AvgIpc) is 3.27. The van der Waals surface area contributed by atoms with Crippen LogP contribution in [0.15, 0.2) is 109 Å². The summed E-state index contributed by atoms with van der Waals surface area (Å²) in [6.45, 7) is 14.5. The molecule has 0 aromatic heterocycles. The van der Waals surface area contributed by atoms with Gasteiger partial charge in [0.1, 0.15) is 11.5 Å². The summed E-state index contributed by atoms with van der Waals surface area (Å²) >= 11 is 0. The van der Waals surface area contributed by atoms with Gasteiger partial charge >= 0.3 is 0 Å². The van der Waals surface area contributed by atoms with Gasteiger partial charge in [-0.05, 0) is 99.9 Å². The molecule has 4 aromatic rings. The first-order valence-electron chi connectivity index (χ1n) is 21.9. The predicted molar refractivity (Wildman–Crippen MR) is 246 cm³/mol. The van der Waals surface area contributed by atoms with Gasteiger partial charge in [-0.2, -0.15) is 0 Å². The summed E-state index contributed by atoms with van der Waals surface area (Å²) < 4.78 is 22.2. The number of carbonyl (C=O) groups is 2. The lowest BCUT2D eigenvalue weighted by atomic mass is 10.1. The topological polar surface area (TPSA) is 176 Å². The Hall–Kier alpha value is -4.82. The van der Waals surface area contributed by atoms with Gasteiger partial charge in [0, 0.05) is 26.1 Å². The van der Waals surface area contributed by atoms with Crippen LogP contribution in [0.3, 0.4) is 0 Å². The van der Waals surface area contributed by atoms with E-state index in [1.54, 1.807) is 38.1 Å². The monoisotopic (exact) mass is 863 g/mol. The number of hydrogen-bond acceptors (Lipinski definition) is 10. The Kier molecular flexibility index (Phi) is 31.8. The fraction of sp³-hybridized carbons (Fsp3) is 0.480. The summed E-state index contributed by atoms with van der Waals surface area (Å²) in [7, 11) is 0. The van der Waals surface area contributed by atoms with E-state index >= 15 is 0 Å². The quantitative estimate of drug-likeness (QED) is 0.0381. The third-order valence-electron chi connectivity index (χ3n) is 8.72. The van der Waals surface area contributed by atoms with E-state index in [4.69, 9.17) is 24.1 Å². The summed E-state index contributed by atoms with van der Waals surface area (Å²) in [5.41, 5.74) is 4.32. The molecule has 12 nitrogen and oxygen atoms in total. The van der Waals surface area contributed by atoms with E-state index in [2.05, 4.69) is 10.6 Å². The van der Waals surface area contributed by atoms with Gasteiger partial charge in [0.05, 0.1) is 63.9 Å². The number of phenols is 2. The number of aromatic hydroxyl groups is 2. The molecule has 2 amide bonds. The lowest BCUT2D eigenvalue weighted by molar-refractivity contribution is -0.123. The largest absolute Gasteiger partial charge is 0.508 e. The zero-order valence-corrected chi connectivity index (χ0v) is 37.8. The van der Waals surface area contributed by atoms with Crippen molar-refractivity contribution in [1.82, 2.24) is 10.6 Å². The summed E-state index contributed by atoms with van der Waals surface area (Å²) in [5.74, 6) is 0.429. The highest BCUT2D eigenvalue weighted by Crippen LogP contribution is 2.14. The average molecular weight is 863 g/mol. The van der Waals surface area contributed by atoms with Crippen LogP contribution < -0.4 is 10.6 Å². The number of aryl methyl sites for hydroxylation is 2. The Morgan fingerprint density at radius 2 is 0.968 bits per heavy atom. The first-order chi connectivity index (χ1) is 30.0. The molecule has 4 rings (SSSR count). The van der Waals surface area contributed by atoms with Crippen molar-refractivity contribution in [3.63, 3.8) is 0 Å². The molecule has 0 fully saturated rings. The fourth-order valence-corrected chi connectivity index (χ4v) is 5.76. The maximum atomic E-state index is 12.5. The highest BCUT2D eigenvalue weighted by molar-refractivity contribution is 5.77. The zero-order chi connectivity index (χ0) is 45.8. The van der Waals surface area contributed by atoms with Gasteiger partial charge < -0.3 is 50.0 Å². The van der Waals surface area contributed by atoms with E-state index in [1.807, 2.05) is 113 Å². The summed E-state index contributed by atoms with van der Waals surface area (Å²) in [4.78, 5) is 24.9. The highest BCUT2D eigenvalue weighted by Gasteiger charge is 2.16. The number of phenolic OH excluding ortho intramolecular Hbond substituents is 2. The van der Waals surface area contributed by atoms with Crippen molar-refractivity contribution in [3.8, 4) is 11.5 Å². The van der Waals surface area contributed by atoms with Gasteiger partial charge in [0.15, 0.2) is 0 Å². The second-order valence-corrected chi connectivity index (χ2v) is 14.4. The van der Waals surface area contributed by atoms with E-state index < -0.39 is 6.10 Å². The molecule has 0 radical (unpaired) electrons. The van der Waals surface area contributed by atoms with E-state index in [0.717, 1.165) is 22.3 Å². The van der Waals surface area contributed by atoms with Gasteiger partial charge in [-0.1, -0.05) is 98.8 Å². The molecule has 0 aliphatic rings. The van der Waals surface area contributed by atoms with E-state index in [1.165, 1.54) is 0 Å². The van der Waals surface area contributed by atoms with Crippen molar-refractivity contribution >= 4 is 11.8 Å². The predicted octanol–water partition coefficient (Wildman–Crippen LogP) is 6.99. The minimum atomic E-state index is -0.515. The third kappa shape index (κ3) is 28.7. The minimum Gasteiger partial charge on any atom is -0.508 e. The number of hydrogen-bond donors (Lipinski definition) is 6. The minimum absolute atomic E-state index is 0.0102. The van der Waals surface area contributed by atoms with Gasteiger partial charge in [-0.3, -0.25) is 9.59 Å². The Morgan fingerprint density at radius 3 is 1.37 bits per heavy atom. The molecule has 0 saturated carbocycles. The maximum Gasteiger partial charge on any atom is 0.220 e. The number of benzene rings is 4. The Balaban J connectivity index is 0.000000564. The van der Waals surface area contributed by atoms with Crippen LogP contribution in [0.2, 0.25) is 0 Å². The second-order valence-electron chi connectivity index (χ2n) is 14.4. The Labute approximate surface area is 370 Å². The van der Waals surface area contributed by atoms with E-state index in [-0.39, 0.29) is 54.7 Å². The standard InChI is InChI=1S/C24H33NO5.C22H29NO4.C2H6O.C2H6/c1-18(26)15-30-19(2)16-29-17-22(14-21-8-11-23(27)12-9-21)25-24(28)13-10-20-6-4-3-5-7-20;1-2-26-14-15-27-17-20(16-19-8-11-21(24)12-9-19)23-22(25)13-10-18-6-4-3-5-7-18;1-2-3;1-2/h3-9,11-12,18-19,22,26-27H,10,13-17H2,1-2H3,(H,25,28);3-9,11-12,20,24H,2,10,13-17H2,1H3,(H,23,25);3H,2H2,1H3;1-2H3/t18-,19-,22?;;;/m0.../s1. The fourth-order valence-electron chi connectivity index (χ4n) is 5.76. The molecule has 2 unspecified atom stereocenters. The van der Waals surface area contributed by atoms with Crippen LogP contribution in [0.1, 0.15) is 76.6 Å². The zero-order valence-electron chi connectivity index (χ0n) is 37.8. The molecule has 4 atom stereocenters. The second kappa shape index (κ2) is 35.7. The molecular weight excluding hydrogens is 789 g/mol. The van der Waals surface area contributed by atoms with Crippen molar-refractivity contribution in [2.45, 2.75) is 104 Å². The summed E-state index contributed by atoms with van der Waals surface area (Å²) in [6, 6.07) is 33.6. The molecule has 4 aromatic carbocycles. The third-order valence-corrected chi connectivity index (χ3v) is 8.72. The number of nitrogens with one attached hydrogen (secondary N) is 2. The van der Waals surface area contributed by atoms with Crippen LogP contribution in [0.25, 0.3) is 0 Å². The molecular formula is C50H74N2O10. The van der Waals surface area contributed by atoms with E-state index in [0.29, 0.717) is 78.2 Å². The van der Waals surface area contributed by atoms with Crippen molar-refractivity contribution in [2.24, 2.45) is 0 Å². The molecule has 0 bridgehead atoms. The van der Waals surface area contributed by atoms with E-state index in [9.17, 15) is 24.9 Å². The van der Waals surface area contributed by atoms with Crippen LogP contribution in [0.4, 0.5) is 0 Å². The van der Waals surface area contributed by atoms with Crippen molar-refractivity contribution < 1.29 is 49.0 Å². The lowest BCUT2D eigenvalue weighted by Gasteiger charge is -2.21. The molecule has 0 aliphatic heterocycles. The number of carbonyl (C=O) groups excluding carboxylic acids is 2. The molecule has 12 heteroatoms. The van der Waals surface area contributed by atoms with Crippen molar-refractivity contribution in [3.05, 3.63) is 131 Å². The van der Waals surface area contributed by atoms with Crippen LogP contribution in [0, 0.1) is 0 Å².